The summed E-state index contributed by atoms with van der Waals surface area (Å²) in [6.07, 6.45) is 9.23. The lowest BCUT2D eigenvalue weighted by atomic mass is 9.97. The fourth-order valence-corrected chi connectivity index (χ4v) is 4.36. The molecule has 2 N–H and O–H groups in total. The van der Waals surface area contributed by atoms with Gasteiger partial charge < -0.3 is 20.3 Å². The summed E-state index contributed by atoms with van der Waals surface area (Å²) in [7, 11) is 0. The summed E-state index contributed by atoms with van der Waals surface area (Å²) < 4.78 is 5.65. The Morgan fingerprint density at radius 2 is 1.94 bits per heavy atom. The van der Waals surface area contributed by atoms with Crippen LogP contribution in [0.4, 0.5) is 11.4 Å². The van der Waals surface area contributed by atoms with Gasteiger partial charge in [0.2, 0.25) is 5.91 Å². The first-order chi connectivity index (χ1) is 15.1. The number of amides is 2. The van der Waals surface area contributed by atoms with Crippen LogP contribution < -0.4 is 15.5 Å². The Labute approximate surface area is 187 Å². The zero-order chi connectivity index (χ0) is 22.1. The highest BCUT2D eigenvalue weighted by molar-refractivity contribution is 6.02. The number of piperidine rings is 1. The molecule has 1 aromatic carbocycles. The molecule has 6 heteroatoms. The SMILES string of the molecule is CCCCCCC(=O)Nc1ccc(N2CCC(C)CC2)c(C(=O)NCC2CCCO2)c1. The maximum atomic E-state index is 13.1. The molecular formula is C25H39N3O3. The molecule has 0 aliphatic carbocycles. The van der Waals surface area contributed by atoms with Crippen molar-refractivity contribution in [2.45, 2.75) is 77.7 Å². The Morgan fingerprint density at radius 3 is 2.65 bits per heavy atom. The van der Waals surface area contributed by atoms with Crippen molar-refractivity contribution < 1.29 is 14.3 Å². The second-order valence-corrected chi connectivity index (χ2v) is 9.11. The molecule has 2 heterocycles. The minimum Gasteiger partial charge on any atom is -0.376 e. The van der Waals surface area contributed by atoms with Gasteiger partial charge >= 0.3 is 0 Å². The molecular weight excluding hydrogens is 390 g/mol. The van der Waals surface area contributed by atoms with E-state index in [0.29, 0.717) is 24.2 Å². The van der Waals surface area contributed by atoms with E-state index < -0.39 is 0 Å². The van der Waals surface area contributed by atoms with E-state index in [0.717, 1.165) is 82.7 Å². The number of carbonyl (C=O) groups is 2. The first kappa shape index (κ1) is 23.6. The highest BCUT2D eigenvalue weighted by Crippen LogP contribution is 2.29. The third kappa shape index (κ3) is 7.23. The Kier molecular flexibility index (Phi) is 9.19. The molecule has 2 saturated heterocycles. The molecule has 0 radical (unpaired) electrons. The van der Waals surface area contributed by atoms with Crippen molar-refractivity contribution in [3.8, 4) is 0 Å². The van der Waals surface area contributed by atoms with Gasteiger partial charge in [-0.15, -0.1) is 0 Å². The fourth-order valence-electron chi connectivity index (χ4n) is 4.36. The number of carbonyl (C=O) groups excluding carboxylic acids is 2. The molecule has 2 aliphatic rings. The van der Waals surface area contributed by atoms with Gasteiger partial charge in [-0.2, -0.15) is 0 Å². The number of hydrogen-bond donors (Lipinski definition) is 2. The second-order valence-electron chi connectivity index (χ2n) is 9.11. The lowest BCUT2D eigenvalue weighted by Crippen LogP contribution is -2.36. The topological polar surface area (TPSA) is 70.7 Å². The Morgan fingerprint density at radius 1 is 1.13 bits per heavy atom. The lowest BCUT2D eigenvalue weighted by molar-refractivity contribution is -0.116. The third-order valence-electron chi connectivity index (χ3n) is 6.42. The Balaban J connectivity index is 1.68. The van der Waals surface area contributed by atoms with Gasteiger partial charge in [-0.3, -0.25) is 9.59 Å². The zero-order valence-corrected chi connectivity index (χ0v) is 19.3. The molecule has 172 valence electrons. The standard InChI is InChI=1S/C25H39N3O3/c1-3-4-5-6-9-24(29)27-20-10-11-23(28-14-12-19(2)13-15-28)22(17-20)25(30)26-18-21-8-7-16-31-21/h10-11,17,19,21H,3-9,12-16,18H2,1-2H3,(H,26,30)(H,27,29). The molecule has 0 bridgehead atoms. The number of rotatable bonds is 10. The summed E-state index contributed by atoms with van der Waals surface area (Å²) in [6, 6.07) is 5.75. The highest BCUT2D eigenvalue weighted by Gasteiger charge is 2.23. The van der Waals surface area contributed by atoms with Crippen molar-refractivity contribution in [3.63, 3.8) is 0 Å². The van der Waals surface area contributed by atoms with Crippen LogP contribution in [0.3, 0.4) is 0 Å². The maximum absolute atomic E-state index is 13.1. The van der Waals surface area contributed by atoms with Gasteiger partial charge in [0.15, 0.2) is 0 Å². The van der Waals surface area contributed by atoms with Gasteiger partial charge in [0, 0.05) is 44.0 Å². The van der Waals surface area contributed by atoms with Crippen LogP contribution in [0.2, 0.25) is 0 Å². The smallest absolute Gasteiger partial charge is 0.253 e. The molecule has 2 aliphatic heterocycles. The first-order valence-electron chi connectivity index (χ1n) is 12.2. The minimum absolute atomic E-state index is 0.0152. The molecule has 1 aromatic rings. The molecule has 0 saturated carbocycles. The van der Waals surface area contributed by atoms with E-state index in [2.05, 4.69) is 29.4 Å². The molecule has 31 heavy (non-hydrogen) atoms. The minimum atomic E-state index is -0.0943. The van der Waals surface area contributed by atoms with Crippen LogP contribution in [-0.4, -0.2) is 44.2 Å². The normalized spacial score (nSPS) is 19.4. The number of unbranched alkanes of at least 4 members (excludes halogenated alkanes) is 3. The Hall–Kier alpha value is -2.08. The van der Waals surface area contributed by atoms with Gasteiger partial charge in [-0.05, 0) is 56.2 Å². The maximum Gasteiger partial charge on any atom is 0.253 e. The molecule has 6 nitrogen and oxygen atoms in total. The molecule has 1 unspecified atom stereocenters. The van der Waals surface area contributed by atoms with Gasteiger partial charge in [0.05, 0.1) is 11.7 Å². The van der Waals surface area contributed by atoms with Crippen molar-refractivity contribution in [2.75, 3.05) is 36.5 Å². The summed E-state index contributed by atoms with van der Waals surface area (Å²) in [5.41, 5.74) is 2.28. The van der Waals surface area contributed by atoms with E-state index in [4.69, 9.17) is 4.74 Å². The molecule has 0 spiro atoms. The van der Waals surface area contributed by atoms with Crippen molar-refractivity contribution in [1.29, 1.82) is 0 Å². The monoisotopic (exact) mass is 429 g/mol. The number of nitrogens with zero attached hydrogens (tertiary/aromatic N) is 1. The van der Waals surface area contributed by atoms with Crippen LogP contribution in [0.1, 0.15) is 82.0 Å². The molecule has 0 aromatic heterocycles. The van der Waals surface area contributed by atoms with E-state index in [-0.39, 0.29) is 17.9 Å². The average Bonchev–Trinajstić information content (AvgIpc) is 3.29. The number of benzene rings is 1. The molecule has 3 rings (SSSR count). The largest absolute Gasteiger partial charge is 0.376 e. The summed E-state index contributed by atoms with van der Waals surface area (Å²) in [6.45, 7) is 7.66. The quantitative estimate of drug-likeness (QED) is 0.527. The fraction of sp³-hybridized carbons (Fsp3) is 0.680. The van der Waals surface area contributed by atoms with Crippen molar-refractivity contribution in [2.24, 2.45) is 5.92 Å². The van der Waals surface area contributed by atoms with Crippen LogP contribution in [0, 0.1) is 5.92 Å². The van der Waals surface area contributed by atoms with Crippen molar-refractivity contribution in [3.05, 3.63) is 23.8 Å². The average molecular weight is 430 g/mol. The molecule has 2 amide bonds. The van der Waals surface area contributed by atoms with E-state index in [1.807, 2.05) is 18.2 Å². The van der Waals surface area contributed by atoms with Gasteiger partial charge in [0.1, 0.15) is 0 Å². The van der Waals surface area contributed by atoms with Gasteiger partial charge in [-0.1, -0.05) is 33.1 Å². The number of nitrogens with one attached hydrogen (secondary N) is 2. The van der Waals surface area contributed by atoms with E-state index >= 15 is 0 Å². The lowest BCUT2D eigenvalue weighted by Gasteiger charge is -2.33. The predicted octanol–water partition coefficient (Wildman–Crippen LogP) is 4.74. The van der Waals surface area contributed by atoms with E-state index in [9.17, 15) is 9.59 Å². The molecule has 2 fully saturated rings. The summed E-state index contributed by atoms with van der Waals surface area (Å²) >= 11 is 0. The summed E-state index contributed by atoms with van der Waals surface area (Å²) in [4.78, 5) is 27.7. The van der Waals surface area contributed by atoms with Gasteiger partial charge in [-0.25, -0.2) is 0 Å². The van der Waals surface area contributed by atoms with Crippen LogP contribution in [-0.2, 0) is 9.53 Å². The van der Waals surface area contributed by atoms with E-state index in [1.54, 1.807) is 0 Å². The second kappa shape index (κ2) is 12.1. The van der Waals surface area contributed by atoms with E-state index in [1.165, 1.54) is 0 Å². The Bertz CT molecular complexity index is 723. The molecule has 1 atom stereocenters. The van der Waals surface area contributed by atoms with Crippen LogP contribution in [0.15, 0.2) is 18.2 Å². The predicted molar refractivity (Wildman–Crippen MR) is 126 cm³/mol. The van der Waals surface area contributed by atoms with Crippen LogP contribution >= 0.6 is 0 Å². The number of anilines is 2. The third-order valence-corrected chi connectivity index (χ3v) is 6.42. The highest BCUT2D eigenvalue weighted by atomic mass is 16.5. The number of hydrogen-bond acceptors (Lipinski definition) is 4. The first-order valence-corrected chi connectivity index (χ1v) is 12.2. The summed E-state index contributed by atoms with van der Waals surface area (Å²) in [5.74, 6) is 0.642. The zero-order valence-electron chi connectivity index (χ0n) is 19.3. The number of ether oxygens (including phenoxy) is 1. The van der Waals surface area contributed by atoms with Gasteiger partial charge in [0.25, 0.3) is 5.91 Å². The van der Waals surface area contributed by atoms with Crippen molar-refractivity contribution in [1.82, 2.24) is 5.32 Å². The van der Waals surface area contributed by atoms with Crippen molar-refractivity contribution >= 4 is 23.2 Å². The van der Waals surface area contributed by atoms with Crippen LogP contribution in [0.5, 0.6) is 0 Å². The van der Waals surface area contributed by atoms with Crippen LogP contribution in [0.25, 0.3) is 0 Å². The summed E-state index contributed by atoms with van der Waals surface area (Å²) in [5, 5.41) is 6.04.